The van der Waals surface area contributed by atoms with E-state index in [4.69, 9.17) is 0 Å². The van der Waals surface area contributed by atoms with E-state index < -0.39 is 0 Å². The van der Waals surface area contributed by atoms with Crippen molar-refractivity contribution in [2.24, 2.45) is 5.92 Å². The van der Waals surface area contributed by atoms with Crippen molar-refractivity contribution in [3.05, 3.63) is 59.2 Å². The fourth-order valence-electron chi connectivity index (χ4n) is 3.69. The monoisotopic (exact) mass is 350 g/mol. The van der Waals surface area contributed by atoms with E-state index in [2.05, 4.69) is 21.4 Å². The van der Waals surface area contributed by atoms with E-state index in [1.165, 1.54) is 11.3 Å². The molecule has 2 aromatic heterocycles. The van der Waals surface area contributed by atoms with Gasteiger partial charge < -0.3 is 10.2 Å². The zero-order valence-corrected chi connectivity index (χ0v) is 14.6. The van der Waals surface area contributed by atoms with Crippen LogP contribution in [0.3, 0.4) is 0 Å². The van der Waals surface area contributed by atoms with Crippen LogP contribution < -0.4 is 5.32 Å². The van der Waals surface area contributed by atoms with Crippen LogP contribution in [0.5, 0.6) is 0 Å². The Morgan fingerprint density at radius 1 is 1.27 bits per heavy atom. The molecule has 26 heavy (non-hydrogen) atoms. The number of nitrogens with one attached hydrogen (secondary N) is 1. The molecule has 6 heteroatoms. The Labute approximate surface area is 152 Å². The fourth-order valence-corrected chi connectivity index (χ4v) is 3.69. The van der Waals surface area contributed by atoms with Gasteiger partial charge in [-0.1, -0.05) is 12.1 Å². The number of rotatable bonds is 5. The normalized spacial score (nSPS) is 18.8. The number of carbonyl (C=O) groups excluding carboxylic acids is 2. The quantitative estimate of drug-likeness (QED) is 0.889. The average Bonchev–Trinajstić information content (AvgIpc) is 3.27. The standard InChI is InChI=1S/C20H22N4O2/c25-19-9-16(12-24(19)13-17-5-1-2-7-21-17)20(26)23-11-14-8-15-4-3-6-18(15)22-10-14/h1-2,5,7-8,10,16H,3-4,6,9,11-13H2,(H,23,26)/t16-/m0/s1. The molecular weight excluding hydrogens is 328 g/mol. The van der Waals surface area contributed by atoms with Crippen LogP contribution >= 0.6 is 0 Å². The predicted octanol–water partition coefficient (Wildman–Crippen LogP) is 1.63. The van der Waals surface area contributed by atoms with Crippen molar-refractivity contribution < 1.29 is 9.59 Å². The van der Waals surface area contributed by atoms with Crippen LogP contribution in [0.4, 0.5) is 0 Å². The minimum absolute atomic E-state index is 0.00926. The second-order valence-corrected chi connectivity index (χ2v) is 7.02. The molecule has 1 fully saturated rings. The fraction of sp³-hybridized carbons (Fsp3) is 0.400. The maximum Gasteiger partial charge on any atom is 0.225 e. The van der Waals surface area contributed by atoms with Gasteiger partial charge in [-0.05, 0) is 42.5 Å². The summed E-state index contributed by atoms with van der Waals surface area (Å²) in [6.07, 6.45) is 7.11. The number of nitrogens with zero attached hydrogens (tertiary/aromatic N) is 3. The SMILES string of the molecule is O=C(NCc1cnc2c(c1)CCC2)[C@H]1CC(=O)N(Cc2ccccn2)C1. The van der Waals surface area contributed by atoms with Crippen LogP contribution in [-0.4, -0.2) is 33.2 Å². The third-order valence-electron chi connectivity index (χ3n) is 5.11. The lowest BCUT2D eigenvalue weighted by Crippen LogP contribution is -2.32. The number of carbonyl (C=O) groups is 2. The molecule has 2 aromatic rings. The highest BCUT2D eigenvalue weighted by molar-refractivity contribution is 5.89. The topological polar surface area (TPSA) is 75.2 Å². The summed E-state index contributed by atoms with van der Waals surface area (Å²) in [5.41, 5.74) is 4.35. The predicted molar refractivity (Wildman–Crippen MR) is 95.9 cm³/mol. The largest absolute Gasteiger partial charge is 0.352 e. The summed E-state index contributed by atoms with van der Waals surface area (Å²) < 4.78 is 0. The summed E-state index contributed by atoms with van der Waals surface area (Å²) in [5.74, 6) is -0.356. The molecule has 3 heterocycles. The zero-order valence-electron chi connectivity index (χ0n) is 14.6. The zero-order chi connectivity index (χ0) is 17.9. The Morgan fingerprint density at radius 3 is 3.04 bits per heavy atom. The van der Waals surface area contributed by atoms with E-state index in [1.54, 1.807) is 11.1 Å². The molecule has 0 bridgehead atoms. The van der Waals surface area contributed by atoms with E-state index in [1.807, 2.05) is 24.4 Å². The number of aromatic nitrogens is 2. The minimum Gasteiger partial charge on any atom is -0.352 e. The lowest BCUT2D eigenvalue weighted by molar-refractivity contribution is -0.129. The van der Waals surface area contributed by atoms with E-state index in [0.29, 0.717) is 19.6 Å². The number of amides is 2. The lowest BCUT2D eigenvalue weighted by atomic mass is 10.1. The average molecular weight is 350 g/mol. The Bertz CT molecular complexity index is 822. The van der Waals surface area contributed by atoms with Crippen LogP contribution in [0.1, 0.15) is 35.4 Å². The number of likely N-dealkylation sites (tertiary alicyclic amines) is 1. The first-order valence-corrected chi connectivity index (χ1v) is 9.11. The number of hydrogen-bond acceptors (Lipinski definition) is 4. The first-order valence-electron chi connectivity index (χ1n) is 9.11. The first kappa shape index (κ1) is 16.7. The van der Waals surface area contributed by atoms with Gasteiger partial charge in [-0.3, -0.25) is 19.6 Å². The summed E-state index contributed by atoms with van der Waals surface area (Å²) in [4.78, 5) is 35.1. The maximum atomic E-state index is 12.5. The molecule has 2 aliphatic rings. The van der Waals surface area contributed by atoms with Crippen molar-refractivity contribution in [2.75, 3.05) is 6.54 Å². The molecule has 0 unspecified atom stereocenters. The van der Waals surface area contributed by atoms with Crippen molar-refractivity contribution in [1.29, 1.82) is 0 Å². The molecule has 6 nitrogen and oxygen atoms in total. The van der Waals surface area contributed by atoms with Gasteiger partial charge in [0.05, 0.1) is 18.2 Å². The van der Waals surface area contributed by atoms with Crippen molar-refractivity contribution in [1.82, 2.24) is 20.2 Å². The molecule has 1 N–H and O–H groups in total. The van der Waals surface area contributed by atoms with Crippen LogP contribution in [0.15, 0.2) is 36.7 Å². The second kappa shape index (κ2) is 7.23. The third-order valence-corrected chi connectivity index (χ3v) is 5.11. The van der Waals surface area contributed by atoms with Gasteiger partial charge in [0.2, 0.25) is 11.8 Å². The highest BCUT2D eigenvalue weighted by atomic mass is 16.2. The van der Waals surface area contributed by atoms with Gasteiger partial charge in [-0.25, -0.2) is 0 Å². The molecule has 1 atom stereocenters. The van der Waals surface area contributed by atoms with Gasteiger partial charge in [0.25, 0.3) is 0 Å². The van der Waals surface area contributed by atoms with E-state index in [9.17, 15) is 9.59 Å². The van der Waals surface area contributed by atoms with Gasteiger partial charge in [0.1, 0.15) is 0 Å². The first-order chi connectivity index (χ1) is 12.7. The van der Waals surface area contributed by atoms with Crippen LogP contribution in [0, 0.1) is 5.92 Å². The molecule has 1 aliphatic carbocycles. The number of fused-ring (bicyclic) bond motifs is 1. The van der Waals surface area contributed by atoms with Crippen molar-refractivity contribution >= 4 is 11.8 Å². The molecule has 1 aliphatic heterocycles. The van der Waals surface area contributed by atoms with Crippen molar-refractivity contribution in [3.8, 4) is 0 Å². The Hall–Kier alpha value is -2.76. The van der Waals surface area contributed by atoms with Crippen molar-refractivity contribution in [2.45, 2.75) is 38.8 Å². The Balaban J connectivity index is 1.32. The number of pyridine rings is 2. The molecule has 1 saturated heterocycles. The summed E-state index contributed by atoms with van der Waals surface area (Å²) >= 11 is 0. The summed E-state index contributed by atoms with van der Waals surface area (Å²) in [6, 6.07) is 7.78. The molecule has 134 valence electrons. The summed E-state index contributed by atoms with van der Waals surface area (Å²) in [5, 5.41) is 2.96. The molecule has 0 aromatic carbocycles. The molecular formula is C20H22N4O2. The van der Waals surface area contributed by atoms with Gasteiger partial charge in [-0.2, -0.15) is 0 Å². The maximum absolute atomic E-state index is 12.5. The number of hydrogen-bond donors (Lipinski definition) is 1. The van der Waals surface area contributed by atoms with Gasteiger partial charge in [-0.15, -0.1) is 0 Å². The van der Waals surface area contributed by atoms with Gasteiger partial charge in [0.15, 0.2) is 0 Å². The molecule has 0 radical (unpaired) electrons. The molecule has 2 amide bonds. The van der Waals surface area contributed by atoms with Gasteiger partial charge >= 0.3 is 0 Å². The lowest BCUT2D eigenvalue weighted by Gasteiger charge is -2.16. The second-order valence-electron chi connectivity index (χ2n) is 7.02. The Kier molecular flexibility index (Phi) is 4.65. The highest BCUT2D eigenvalue weighted by Gasteiger charge is 2.34. The van der Waals surface area contributed by atoms with Gasteiger partial charge in [0, 0.05) is 37.6 Å². The van der Waals surface area contributed by atoms with Crippen LogP contribution in [0.2, 0.25) is 0 Å². The third kappa shape index (κ3) is 3.59. The van der Waals surface area contributed by atoms with E-state index in [0.717, 1.165) is 30.5 Å². The highest BCUT2D eigenvalue weighted by Crippen LogP contribution is 2.22. The van der Waals surface area contributed by atoms with Crippen molar-refractivity contribution in [3.63, 3.8) is 0 Å². The minimum atomic E-state index is -0.298. The molecule has 0 saturated carbocycles. The van der Waals surface area contributed by atoms with Crippen LogP contribution in [0.25, 0.3) is 0 Å². The molecule has 4 rings (SSSR count). The summed E-state index contributed by atoms with van der Waals surface area (Å²) in [6.45, 7) is 1.37. The summed E-state index contributed by atoms with van der Waals surface area (Å²) in [7, 11) is 0. The Morgan fingerprint density at radius 2 is 2.19 bits per heavy atom. The molecule has 0 spiro atoms. The number of aryl methyl sites for hydroxylation is 2. The van der Waals surface area contributed by atoms with E-state index in [-0.39, 0.29) is 24.2 Å². The van der Waals surface area contributed by atoms with Crippen LogP contribution in [-0.2, 0) is 35.5 Å². The smallest absolute Gasteiger partial charge is 0.225 e. The van der Waals surface area contributed by atoms with E-state index >= 15 is 0 Å².